The Hall–Kier alpha value is -1.36. The minimum atomic E-state index is -3.25. The minimum absolute atomic E-state index is 0.0826. The topological polar surface area (TPSA) is 54.5 Å². The van der Waals surface area contributed by atoms with Crippen LogP contribution in [-0.2, 0) is 9.84 Å². The molecule has 4 rings (SSSR count). The Kier molecular flexibility index (Phi) is 4.61. The molecular formula is C20H27NO3S. The number of benzene rings is 1. The van der Waals surface area contributed by atoms with E-state index in [1.54, 1.807) is 24.3 Å². The van der Waals surface area contributed by atoms with Crippen molar-refractivity contribution in [3.8, 4) is 0 Å². The summed E-state index contributed by atoms with van der Waals surface area (Å²) in [5.41, 5.74) is 0.629. The van der Waals surface area contributed by atoms with Crippen molar-refractivity contribution in [2.75, 3.05) is 0 Å². The molecule has 1 aromatic rings. The predicted octanol–water partition coefficient (Wildman–Crippen LogP) is 3.95. The number of carbonyl (C=O) groups is 1. The molecule has 0 saturated heterocycles. The molecule has 1 amide bonds. The first-order valence-electron chi connectivity index (χ1n) is 9.74. The molecular weight excluding hydrogens is 334 g/mol. The number of carbonyl (C=O) groups excluding carboxylic acids is 1. The lowest BCUT2D eigenvalue weighted by Gasteiger charge is -2.29. The van der Waals surface area contributed by atoms with Crippen LogP contribution < -0.4 is 0 Å². The molecule has 1 aromatic carbocycles. The van der Waals surface area contributed by atoms with E-state index < -0.39 is 9.84 Å². The van der Waals surface area contributed by atoms with Gasteiger partial charge in [0.1, 0.15) is 0 Å². The largest absolute Gasteiger partial charge is 0.333 e. The molecule has 3 fully saturated rings. The molecule has 25 heavy (non-hydrogen) atoms. The summed E-state index contributed by atoms with van der Waals surface area (Å²) in [6, 6.07) is 7.49. The van der Waals surface area contributed by atoms with Crippen LogP contribution in [0.25, 0.3) is 0 Å². The molecule has 5 heteroatoms. The molecule has 136 valence electrons. The van der Waals surface area contributed by atoms with Crippen molar-refractivity contribution in [3.05, 3.63) is 29.8 Å². The summed E-state index contributed by atoms with van der Waals surface area (Å²) in [6.07, 6.45) is 10.4. The highest BCUT2D eigenvalue weighted by Gasteiger charge is 2.38. The lowest BCUT2D eigenvalue weighted by atomic mass is 10.1. The zero-order chi connectivity index (χ0) is 17.4. The van der Waals surface area contributed by atoms with Crippen molar-refractivity contribution in [1.29, 1.82) is 0 Å². The zero-order valence-electron chi connectivity index (χ0n) is 14.7. The van der Waals surface area contributed by atoms with Crippen LogP contribution in [0.4, 0.5) is 0 Å². The van der Waals surface area contributed by atoms with Gasteiger partial charge in [-0.25, -0.2) is 8.42 Å². The number of rotatable bonds is 5. The highest BCUT2D eigenvalue weighted by molar-refractivity contribution is 7.92. The van der Waals surface area contributed by atoms with Crippen molar-refractivity contribution in [3.63, 3.8) is 0 Å². The van der Waals surface area contributed by atoms with Crippen molar-refractivity contribution >= 4 is 15.7 Å². The van der Waals surface area contributed by atoms with Gasteiger partial charge in [-0.3, -0.25) is 4.79 Å². The summed E-state index contributed by atoms with van der Waals surface area (Å²) < 4.78 is 25.4. The maximum absolute atomic E-state index is 13.0. The fraction of sp³-hybridized carbons (Fsp3) is 0.650. The molecule has 3 aliphatic rings. The van der Waals surface area contributed by atoms with E-state index in [1.807, 2.05) is 0 Å². The summed E-state index contributed by atoms with van der Waals surface area (Å²) in [5.74, 6) is 0.0826. The Morgan fingerprint density at radius 2 is 1.32 bits per heavy atom. The summed E-state index contributed by atoms with van der Waals surface area (Å²) in [5, 5.41) is -0.240. The molecule has 0 unspecified atom stereocenters. The van der Waals surface area contributed by atoms with Crippen LogP contribution in [0.5, 0.6) is 0 Å². The number of nitrogens with zero attached hydrogens (tertiary/aromatic N) is 1. The number of amides is 1. The summed E-state index contributed by atoms with van der Waals surface area (Å²) in [4.78, 5) is 15.5. The molecule has 4 nitrogen and oxygen atoms in total. The molecule has 0 aliphatic heterocycles. The van der Waals surface area contributed by atoms with Crippen LogP contribution in [0.3, 0.4) is 0 Å². The third kappa shape index (κ3) is 3.35. The molecule has 0 radical (unpaired) electrons. The lowest BCUT2D eigenvalue weighted by molar-refractivity contribution is 0.0664. The van der Waals surface area contributed by atoms with Crippen LogP contribution in [0.2, 0.25) is 0 Å². The van der Waals surface area contributed by atoms with Crippen LogP contribution in [0.15, 0.2) is 29.2 Å². The van der Waals surface area contributed by atoms with Gasteiger partial charge in [-0.15, -0.1) is 0 Å². The van der Waals surface area contributed by atoms with Gasteiger partial charge in [-0.05, 0) is 62.8 Å². The second-order valence-electron chi connectivity index (χ2n) is 7.86. The number of hydrogen-bond acceptors (Lipinski definition) is 3. The fourth-order valence-electron chi connectivity index (χ4n) is 4.49. The minimum Gasteiger partial charge on any atom is -0.333 e. The number of hydrogen-bond donors (Lipinski definition) is 0. The van der Waals surface area contributed by atoms with Gasteiger partial charge in [0.05, 0.1) is 10.1 Å². The maximum atomic E-state index is 13.0. The zero-order valence-corrected chi connectivity index (χ0v) is 15.5. The van der Waals surface area contributed by atoms with Gasteiger partial charge in [-0.1, -0.05) is 25.7 Å². The summed E-state index contributed by atoms with van der Waals surface area (Å²) in [7, 11) is -3.25. The van der Waals surface area contributed by atoms with E-state index in [0.29, 0.717) is 22.5 Å². The molecule has 0 N–H and O–H groups in total. The van der Waals surface area contributed by atoms with Gasteiger partial charge in [0.2, 0.25) is 0 Å². The Labute approximate surface area is 150 Å². The highest BCUT2D eigenvalue weighted by Crippen LogP contribution is 2.36. The van der Waals surface area contributed by atoms with E-state index in [9.17, 15) is 13.2 Å². The molecule has 0 bridgehead atoms. The van der Waals surface area contributed by atoms with Crippen molar-refractivity contribution < 1.29 is 13.2 Å². The van der Waals surface area contributed by atoms with Gasteiger partial charge >= 0.3 is 0 Å². The van der Waals surface area contributed by atoms with Crippen molar-refractivity contribution in [1.82, 2.24) is 4.90 Å². The number of sulfone groups is 1. The van der Waals surface area contributed by atoms with Gasteiger partial charge < -0.3 is 4.90 Å². The highest BCUT2D eigenvalue weighted by atomic mass is 32.2. The first kappa shape index (κ1) is 17.1. The first-order valence-corrected chi connectivity index (χ1v) is 11.3. The summed E-state index contributed by atoms with van der Waals surface area (Å²) in [6.45, 7) is 0. The normalized spacial score (nSPS) is 22.4. The van der Waals surface area contributed by atoms with Gasteiger partial charge in [0.25, 0.3) is 5.91 Å². The van der Waals surface area contributed by atoms with Gasteiger partial charge in [-0.2, -0.15) is 0 Å². The first-order chi connectivity index (χ1) is 12.1. The smallest absolute Gasteiger partial charge is 0.254 e. The molecule has 0 atom stereocenters. The van der Waals surface area contributed by atoms with Crippen molar-refractivity contribution in [2.24, 2.45) is 0 Å². The van der Waals surface area contributed by atoms with Crippen molar-refractivity contribution in [2.45, 2.75) is 86.4 Å². The van der Waals surface area contributed by atoms with E-state index in [0.717, 1.165) is 51.4 Å². The molecule has 0 spiro atoms. The molecule has 0 aromatic heterocycles. The monoisotopic (exact) mass is 361 g/mol. The van der Waals surface area contributed by atoms with Gasteiger partial charge in [0.15, 0.2) is 9.84 Å². The maximum Gasteiger partial charge on any atom is 0.254 e. The van der Waals surface area contributed by atoms with E-state index in [2.05, 4.69) is 4.90 Å². The third-order valence-electron chi connectivity index (χ3n) is 6.06. The second-order valence-corrected chi connectivity index (χ2v) is 10.1. The fourth-order valence-corrected chi connectivity index (χ4v) is 6.35. The van der Waals surface area contributed by atoms with Crippen LogP contribution in [0.1, 0.15) is 74.6 Å². The standard InChI is InChI=1S/C20H27NO3S/c22-20(21(17-11-12-17)16-5-1-2-6-16)15-9-13-19(14-10-15)25(23,24)18-7-3-4-8-18/h9-10,13-14,16-18H,1-8,11-12H2. The van der Waals surface area contributed by atoms with Crippen LogP contribution in [-0.4, -0.2) is 36.6 Å². The third-order valence-corrected chi connectivity index (χ3v) is 8.34. The Morgan fingerprint density at radius 1 is 0.800 bits per heavy atom. The van der Waals surface area contributed by atoms with E-state index >= 15 is 0 Å². The Balaban J connectivity index is 1.53. The molecule has 0 heterocycles. The second kappa shape index (κ2) is 6.75. The average molecular weight is 362 g/mol. The quantitative estimate of drug-likeness (QED) is 0.798. The van der Waals surface area contributed by atoms with Crippen LogP contribution >= 0.6 is 0 Å². The lowest BCUT2D eigenvalue weighted by Crippen LogP contribution is -2.40. The predicted molar refractivity (Wildman–Crippen MR) is 97.3 cm³/mol. The Morgan fingerprint density at radius 3 is 1.88 bits per heavy atom. The molecule has 3 saturated carbocycles. The van der Waals surface area contributed by atoms with Gasteiger partial charge in [0, 0.05) is 17.6 Å². The van der Waals surface area contributed by atoms with Crippen LogP contribution in [0, 0.1) is 0 Å². The Bertz CT molecular complexity index is 725. The molecule has 3 aliphatic carbocycles. The van der Waals surface area contributed by atoms with E-state index in [-0.39, 0.29) is 11.2 Å². The average Bonchev–Trinajstić information content (AvgIpc) is 3.07. The SMILES string of the molecule is O=C(c1ccc(S(=O)(=O)C2CCCC2)cc1)N(C1CCCC1)C1CC1. The summed E-state index contributed by atoms with van der Waals surface area (Å²) >= 11 is 0. The van der Waals surface area contributed by atoms with E-state index in [4.69, 9.17) is 0 Å². The van der Waals surface area contributed by atoms with E-state index in [1.165, 1.54) is 12.8 Å².